The number of nitrogens with one attached hydrogen (secondary N) is 1. The summed E-state index contributed by atoms with van der Waals surface area (Å²) in [6, 6.07) is 9.35. The summed E-state index contributed by atoms with van der Waals surface area (Å²) in [5.74, 6) is -0.926. The number of hydrogen-bond acceptors (Lipinski definition) is 7. The van der Waals surface area contributed by atoms with E-state index in [1.54, 1.807) is 22.0 Å². The predicted molar refractivity (Wildman–Crippen MR) is 112 cm³/mol. The summed E-state index contributed by atoms with van der Waals surface area (Å²) >= 11 is 0. The van der Waals surface area contributed by atoms with Gasteiger partial charge in [-0.05, 0) is 24.3 Å². The van der Waals surface area contributed by atoms with Crippen LogP contribution < -0.4 is 15.0 Å². The number of carbonyl (C=O) groups is 1. The van der Waals surface area contributed by atoms with Crippen molar-refractivity contribution in [3.63, 3.8) is 0 Å². The summed E-state index contributed by atoms with van der Waals surface area (Å²) in [5, 5.41) is 3.06. The average molecular weight is 434 g/mol. The molecule has 160 valence electrons. The Morgan fingerprint density at radius 2 is 2.03 bits per heavy atom. The molecule has 2 aliphatic heterocycles. The fraction of sp³-hybridized carbons (Fsp3) is 0.182. The highest BCUT2D eigenvalue weighted by Crippen LogP contribution is 2.45. The molecule has 32 heavy (non-hydrogen) atoms. The molecule has 0 aliphatic carbocycles. The molecule has 10 heteroatoms. The van der Waals surface area contributed by atoms with E-state index in [-0.39, 0.29) is 11.3 Å². The second-order valence-corrected chi connectivity index (χ2v) is 7.57. The van der Waals surface area contributed by atoms with E-state index < -0.39 is 23.8 Å². The Morgan fingerprint density at radius 1 is 1.16 bits per heavy atom. The van der Waals surface area contributed by atoms with Crippen LogP contribution in [0.4, 0.5) is 20.3 Å². The van der Waals surface area contributed by atoms with Crippen molar-refractivity contribution in [3.05, 3.63) is 66.1 Å². The molecule has 0 fully saturated rings. The van der Waals surface area contributed by atoms with Crippen LogP contribution in [0.2, 0.25) is 0 Å². The molecule has 0 spiro atoms. The van der Waals surface area contributed by atoms with Gasteiger partial charge in [-0.25, -0.2) is 18.7 Å². The van der Waals surface area contributed by atoms with E-state index in [0.717, 1.165) is 17.1 Å². The van der Waals surface area contributed by atoms with Crippen molar-refractivity contribution >= 4 is 28.8 Å². The van der Waals surface area contributed by atoms with Crippen LogP contribution in [0.15, 0.2) is 48.9 Å². The maximum atomic E-state index is 14.8. The summed E-state index contributed by atoms with van der Waals surface area (Å²) in [6.07, 6.45) is 3.44. The van der Waals surface area contributed by atoms with Gasteiger partial charge in [0, 0.05) is 6.42 Å². The van der Waals surface area contributed by atoms with Gasteiger partial charge in [0.05, 0.1) is 41.1 Å². The third-order valence-corrected chi connectivity index (χ3v) is 5.81. The van der Waals surface area contributed by atoms with E-state index in [2.05, 4.69) is 20.3 Å². The number of aldehydes is 1. The largest absolute Gasteiger partial charge is 0.493 e. The Hall–Kier alpha value is -4.08. The van der Waals surface area contributed by atoms with Gasteiger partial charge in [-0.1, -0.05) is 12.1 Å². The lowest BCUT2D eigenvalue weighted by Gasteiger charge is -2.36. The summed E-state index contributed by atoms with van der Waals surface area (Å²) in [7, 11) is 0. The molecule has 2 atom stereocenters. The van der Waals surface area contributed by atoms with Crippen molar-refractivity contribution < 1.29 is 18.3 Å². The molecule has 2 aliphatic rings. The van der Waals surface area contributed by atoms with E-state index in [1.165, 1.54) is 6.07 Å². The molecule has 6 rings (SSSR count). The number of hydrogen-bond donors (Lipinski definition) is 1. The molecule has 4 heterocycles. The van der Waals surface area contributed by atoms with Crippen LogP contribution in [0.5, 0.6) is 5.75 Å². The zero-order valence-electron chi connectivity index (χ0n) is 16.6. The van der Waals surface area contributed by atoms with Gasteiger partial charge in [0.25, 0.3) is 0 Å². The SMILES string of the molecule is O=CC1Nc2cnc(-n3cnc4ccccc43)nc2N1[C@@H]1CCOc2ccc(F)c(F)c21. The highest BCUT2D eigenvalue weighted by Gasteiger charge is 2.40. The number of ether oxygens (including phenoxy) is 1. The standard InChI is InChI=1S/C22H16F2N6O2/c23-12-5-6-17-19(20(12)24)16(7-8-32-17)30-18(10-31)27-14-9-25-22(28-21(14)30)29-11-26-13-3-1-2-4-15(13)29/h1-6,9-11,16,18,27H,7-8H2/t16-,18?/m1/s1. The summed E-state index contributed by atoms with van der Waals surface area (Å²) in [4.78, 5) is 27.0. The molecule has 8 nitrogen and oxygen atoms in total. The monoisotopic (exact) mass is 434 g/mol. The number of fused-ring (bicyclic) bond motifs is 3. The zero-order valence-corrected chi connectivity index (χ0v) is 16.6. The number of benzene rings is 2. The van der Waals surface area contributed by atoms with Crippen LogP contribution >= 0.6 is 0 Å². The van der Waals surface area contributed by atoms with Crippen molar-refractivity contribution in [3.8, 4) is 11.7 Å². The molecule has 0 radical (unpaired) electrons. The first-order chi connectivity index (χ1) is 15.7. The number of aromatic nitrogens is 4. The van der Waals surface area contributed by atoms with E-state index >= 15 is 0 Å². The maximum Gasteiger partial charge on any atom is 0.237 e. The highest BCUT2D eigenvalue weighted by atomic mass is 19.2. The number of para-hydroxylation sites is 2. The normalized spacial score (nSPS) is 19.2. The highest BCUT2D eigenvalue weighted by molar-refractivity contribution is 5.83. The molecular formula is C22H16F2N6O2. The van der Waals surface area contributed by atoms with E-state index in [9.17, 15) is 13.6 Å². The van der Waals surface area contributed by atoms with E-state index in [1.807, 2.05) is 24.3 Å². The van der Waals surface area contributed by atoms with Gasteiger partial charge >= 0.3 is 0 Å². The second kappa shape index (κ2) is 6.98. The molecule has 0 saturated heterocycles. The maximum absolute atomic E-state index is 14.8. The summed E-state index contributed by atoms with van der Waals surface area (Å²) in [6.45, 7) is 0.296. The third-order valence-electron chi connectivity index (χ3n) is 5.81. The average Bonchev–Trinajstić information content (AvgIpc) is 3.42. The Balaban J connectivity index is 1.50. The number of carbonyl (C=O) groups excluding carboxylic acids is 1. The number of halogens is 2. The Labute approximate surface area is 180 Å². The Bertz CT molecular complexity index is 1370. The fourth-order valence-corrected chi connectivity index (χ4v) is 4.39. The molecule has 4 aromatic rings. The van der Waals surface area contributed by atoms with Gasteiger partial charge in [0.2, 0.25) is 5.95 Å². The molecule has 0 bridgehead atoms. The topological polar surface area (TPSA) is 85.2 Å². The first-order valence-electron chi connectivity index (χ1n) is 10.1. The molecule has 2 aromatic carbocycles. The third kappa shape index (κ3) is 2.65. The van der Waals surface area contributed by atoms with Gasteiger partial charge < -0.3 is 15.0 Å². The minimum Gasteiger partial charge on any atom is -0.493 e. The van der Waals surface area contributed by atoms with E-state index in [4.69, 9.17) is 4.74 Å². The molecule has 0 amide bonds. The minimum atomic E-state index is -0.986. The molecule has 1 unspecified atom stereocenters. The lowest BCUT2D eigenvalue weighted by atomic mass is 9.97. The lowest BCUT2D eigenvalue weighted by molar-refractivity contribution is -0.108. The number of anilines is 2. The van der Waals surface area contributed by atoms with Gasteiger partial charge in [0.15, 0.2) is 29.9 Å². The van der Waals surface area contributed by atoms with Crippen molar-refractivity contribution in [1.29, 1.82) is 0 Å². The fourth-order valence-electron chi connectivity index (χ4n) is 4.39. The van der Waals surface area contributed by atoms with Crippen LogP contribution in [-0.4, -0.2) is 38.6 Å². The minimum absolute atomic E-state index is 0.0750. The van der Waals surface area contributed by atoms with Gasteiger partial charge in [-0.3, -0.25) is 9.36 Å². The van der Waals surface area contributed by atoms with Crippen LogP contribution in [0.1, 0.15) is 18.0 Å². The molecule has 2 aromatic heterocycles. The first kappa shape index (κ1) is 18.7. The van der Waals surface area contributed by atoms with Crippen molar-refractivity contribution in [1.82, 2.24) is 19.5 Å². The van der Waals surface area contributed by atoms with Crippen LogP contribution in [0.25, 0.3) is 17.0 Å². The Morgan fingerprint density at radius 3 is 2.91 bits per heavy atom. The summed E-state index contributed by atoms with van der Waals surface area (Å²) in [5.41, 5.74) is 2.21. The van der Waals surface area contributed by atoms with Crippen LogP contribution in [-0.2, 0) is 4.79 Å². The number of rotatable bonds is 3. The number of imidazole rings is 1. The zero-order chi connectivity index (χ0) is 21.8. The first-order valence-corrected chi connectivity index (χ1v) is 10.1. The van der Waals surface area contributed by atoms with E-state index in [0.29, 0.717) is 36.8 Å². The second-order valence-electron chi connectivity index (χ2n) is 7.57. The lowest BCUT2D eigenvalue weighted by Crippen LogP contribution is -2.42. The Kier molecular flexibility index (Phi) is 4.07. The van der Waals surface area contributed by atoms with Crippen molar-refractivity contribution in [2.24, 2.45) is 0 Å². The molecular weight excluding hydrogens is 418 g/mol. The quantitative estimate of drug-likeness (QED) is 0.495. The van der Waals surface area contributed by atoms with Gasteiger partial charge in [-0.15, -0.1) is 0 Å². The smallest absolute Gasteiger partial charge is 0.237 e. The van der Waals surface area contributed by atoms with Gasteiger partial charge in [-0.2, -0.15) is 4.98 Å². The van der Waals surface area contributed by atoms with Crippen molar-refractivity contribution in [2.45, 2.75) is 18.6 Å². The van der Waals surface area contributed by atoms with Crippen molar-refractivity contribution in [2.75, 3.05) is 16.8 Å². The van der Waals surface area contributed by atoms with Crippen LogP contribution in [0, 0.1) is 11.6 Å². The molecule has 1 N–H and O–H groups in total. The van der Waals surface area contributed by atoms with Crippen LogP contribution in [0.3, 0.4) is 0 Å². The number of nitrogens with zero attached hydrogens (tertiary/aromatic N) is 5. The predicted octanol–water partition coefficient (Wildman–Crippen LogP) is 3.37. The molecule has 0 saturated carbocycles. The van der Waals surface area contributed by atoms with Gasteiger partial charge in [0.1, 0.15) is 12.1 Å². The summed E-state index contributed by atoms with van der Waals surface area (Å²) < 4.78 is 36.2.